The van der Waals surface area contributed by atoms with E-state index in [1.165, 1.54) is 0 Å². The second-order valence-electron chi connectivity index (χ2n) is 6.56. The summed E-state index contributed by atoms with van der Waals surface area (Å²) >= 11 is 12.3. The normalized spacial score (nSPS) is 15.2. The predicted molar refractivity (Wildman–Crippen MR) is 104 cm³/mol. The third-order valence-corrected chi connectivity index (χ3v) is 4.63. The molecule has 0 fully saturated rings. The van der Waals surface area contributed by atoms with Crippen molar-refractivity contribution in [1.29, 1.82) is 0 Å². The smallest absolute Gasteiger partial charge is 0.161 e. The minimum atomic E-state index is -0.242. The van der Waals surface area contributed by atoms with E-state index in [1.807, 2.05) is 18.2 Å². The predicted octanol–water partition coefficient (Wildman–Crippen LogP) is 5.20. The van der Waals surface area contributed by atoms with Crippen LogP contribution in [-0.4, -0.2) is 25.6 Å². The number of anilines is 1. The molecule has 0 saturated heterocycles. The van der Waals surface area contributed by atoms with Gasteiger partial charge in [-0.3, -0.25) is 4.99 Å². The van der Waals surface area contributed by atoms with Crippen molar-refractivity contribution >= 4 is 34.7 Å². The van der Waals surface area contributed by atoms with Gasteiger partial charge in [0.25, 0.3) is 0 Å². The number of hydrogen-bond acceptors (Lipinski definition) is 4. The van der Waals surface area contributed by atoms with Gasteiger partial charge in [-0.2, -0.15) is 0 Å². The van der Waals surface area contributed by atoms with Crippen LogP contribution >= 0.6 is 23.2 Å². The van der Waals surface area contributed by atoms with Gasteiger partial charge in [-0.25, -0.2) is 0 Å². The number of aliphatic imine (C=N–C) groups is 1. The zero-order valence-corrected chi connectivity index (χ0v) is 16.1. The largest absolute Gasteiger partial charge is 0.493 e. The Bertz CT molecular complexity index is 848. The van der Waals surface area contributed by atoms with E-state index in [0.717, 1.165) is 29.1 Å². The lowest BCUT2D eigenvalue weighted by molar-refractivity contribution is 0.353. The molecule has 2 aromatic carbocycles. The summed E-state index contributed by atoms with van der Waals surface area (Å²) in [5, 5.41) is 4.47. The molecule has 2 aromatic rings. The third-order valence-electron chi connectivity index (χ3n) is 4.09. The van der Waals surface area contributed by atoms with Gasteiger partial charge in [0, 0.05) is 10.6 Å². The average molecular weight is 379 g/mol. The van der Waals surface area contributed by atoms with Crippen LogP contribution in [0.4, 0.5) is 5.69 Å². The number of benzene rings is 2. The van der Waals surface area contributed by atoms with Gasteiger partial charge in [-0.1, -0.05) is 23.2 Å². The minimum absolute atomic E-state index is 0.242. The van der Waals surface area contributed by atoms with Gasteiger partial charge in [0.05, 0.1) is 30.5 Å². The van der Waals surface area contributed by atoms with Gasteiger partial charge < -0.3 is 14.8 Å². The molecule has 0 amide bonds. The molecule has 1 N–H and O–H groups in total. The number of fused-ring (bicyclic) bond motifs is 1. The lowest BCUT2D eigenvalue weighted by Crippen LogP contribution is -2.32. The van der Waals surface area contributed by atoms with Crippen LogP contribution in [0.2, 0.25) is 10.0 Å². The first-order valence-corrected chi connectivity index (χ1v) is 8.66. The van der Waals surface area contributed by atoms with Gasteiger partial charge in [0.2, 0.25) is 0 Å². The fourth-order valence-electron chi connectivity index (χ4n) is 2.97. The molecule has 0 unspecified atom stereocenters. The van der Waals surface area contributed by atoms with E-state index >= 15 is 0 Å². The number of nitrogens with zero attached hydrogens (tertiary/aromatic N) is 1. The number of amidine groups is 1. The molecule has 0 bridgehead atoms. The van der Waals surface area contributed by atoms with Crippen molar-refractivity contribution in [2.75, 3.05) is 19.5 Å². The Morgan fingerprint density at radius 1 is 1.04 bits per heavy atom. The Morgan fingerprint density at radius 2 is 1.72 bits per heavy atom. The molecule has 6 heteroatoms. The van der Waals surface area contributed by atoms with E-state index in [4.69, 9.17) is 37.7 Å². The van der Waals surface area contributed by atoms with Crippen LogP contribution in [0.3, 0.4) is 0 Å². The van der Waals surface area contributed by atoms with Crippen LogP contribution in [0.15, 0.2) is 35.3 Å². The zero-order valence-electron chi connectivity index (χ0n) is 14.6. The average Bonchev–Trinajstić information content (AvgIpc) is 2.55. The van der Waals surface area contributed by atoms with Crippen molar-refractivity contribution in [1.82, 2.24) is 0 Å². The molecule has 1 aliphatic rings. The standard InChI is InChI=1S/C19H20Cl2N2O2/c1-19(2)10-11-7-16(24-3)17(25-4)9-13(11)18(23-19)22-15-6-5-12(20)8-14(15)21/h5-9H,10H2,1-4H3,(H,22,23). The van der Waals surface area contributed by atoms with Crippen LogP contribution in [0, 0.1) is 0 Å². The van der Waals surface area contributed by atoms with Crippen molar-refractivity contribution < 1.29 is 9.47 Å². The number of ether oxygens (including phenoxy) is 2. The molecule has 4 nitrogen and oxygen atoms in total. The minimum Gasteiger partial charge on any atom is -0.493 e. The lowest BCUT2D eigenvalue weighted by Gasteiger charge is -2.30. The summed E-state index contributed by atoms with van der Waals surface area (Å²) in [6.07, 6.45) is 0.808. The molecule has 25 heavy (non-hydrogen) atoms. The quantitative estimate of drug-likeness (QED) is 0.797. The highest BCUT2D eigenvalue weighted by atomic mass is 35.5. The second kappa shape index (κ2) is 6.77. The Balaban J connectivity index is 2.08. The number of rotatable bonds is 3. The van der Waals surface area contributed by atoms with E-state index in [0.29, 0.717) is 21.5 Å². The Labute approximate surface area is 157 Å². The fourth-order valence-corrected chi connectivity index (χ4v) is 3.43. The maximum atomic E-state index is 6.31. The Kier molecular flexibility index (Phi) is 4.85. The zero-order chi connectivity index (χ0) is 18.2. The molecule has 1 heterocycles. The highest BCUT2D eigenvalue weighted by molar-refractivity contribution is 6.37. The molecule has 0 spiro atoms. The summed E-state index contributed by atoms with van der Waals surface area (Å²) in [6, 6.07) is 9.29. The van der Waals surface area contributed by atoms with Crippen molar-refractivity contribution in [3.8, 4) is 11.5 Å². The summed E-state index contributed by atoms with van der Waals surface area (Å²) in [5.41, 5.74) is 2.63. The maximum Gasteiger partial charge on any atom is 0.161 e. The Hall–Kier alpha value is -1.91. The molecule has 0 aliphatic carbocycles. The monoisotopic (exact) mass is 378 g/mol. The number of hydrogen-bond donors (Lipinski definition) is 1. The summed E-state index contributed by atoms with van der Waals surface area (Å²) < 4.78 is 10.9. The highest BCUT2D eigenvalue weighted by Gasteiger charge is 2.29. The summed E-state index contributed by atoms with van der Waals surface area (Å²) in [4.78, 5) is 4.86. The van der Waals surface area contributed by atoms with Crippen LogP contribution in [-0.2, 0) is 6.42 Å². The van der Waals surface area contributed by atoms with E-state index in [2.05, 4.69) is 19.2 Å². The van der Waals surface area contributed by atoms with Gasteiger partial charge in [0.1, 0.15) is 5.84 Å². The van der Waals surface area contributed by atoms with E-state index in [1.54, 1.807) is 26.4 Å². The SMILES string of the molecule is COc1cc2c(cc1OC)C(Nc1ccc(Cl)cc1Cl)=NC(C)(C)C2. The molecule has 0 radical (unpaired) electrons. The van der Waals surface area contributed by atoms with E-state index in [-0.39, 0.29) is 5.54 Å². The van der Waals surface area contributed by atoms with E-state index in [9.17, 15) is 0 Å². The maximum absolute atomic E-state index is 6.31. The molecule has 3 rings (SSSR count). The molecule has 0 saturated carbocycles. The summed E-state index contributed by atoms with van der Waals surface area (Å²) in [5.74, 6) is 2.12. The fraction of sp³-hybridized carbons (Fsp3) is 0.316. The number of halogens is 2. The second-order valence-corrected chi connectivity index (χ2v) is 7.41. The lowest BCUT2D eigenvalue weighted by atomic mass is 9.88. The van der Waals surface area contributed by atoms with E-state index < -0.39 is 0 Å². The van der Waals surface area contributed by atoms with Crippen molar-refractivity contribution in [3.05, 3.63) is 51.5 Å². The molecule has 132 valence electrons. The molecular formula is C19H20Cl2N2O2. The first kappa shape index (κ1) is 17.9. The first-order valence-electron chi connectivity index (χ1n) is 7.90. The third kappa shape index (κ3) is 3.70. The van der Waals surface area contributed by atoms with Gasteiger partial charge in [0.15, 0.2) is 11.5 Å². The van der Waals surface area contributed by atoms with Crippen LogP contribution in [0.25, 0.3) is 0 Å². The topological polar surface area (TPSA) is 42.9 Å². The van der Waals surface area contributed by atoms with Crippen molar-refractivity contribution in [3.63, 3.8) is 0 Å². The molecule has 0 atom stereocenters. The van der Waals surface area contributed by atoms with Gasteiger partial charge in [-0.15, -0.1) is 0 Å². The Morgan fingerprint density at radius 3 is 2.36 bits per heavy atom. The van der Waals surface area contributed by atoms with Crippen LogP contribution in [0.1, 0.15) is 25.0 Å². The van der Waals surface area contributed by atoms with Crippen LogP contribution in [0.5, 0.6) is 11.5 Å². The van der Waals surface area contributed by atoms with Crippen molar-refractivity contribution in [2.45, 2.75) is 25.8 Å². The molecule has 0 aromatic heterocycles. The number of methoxy groups -OCH3 is 2. The summed E-state index contributed by atoms with van der Waals surface area (Å²) in [6.45, 7) is 4.19. The highest BCUT2D eigenvalue weighted by Crippen LogP contribution is 2.36. The van der Waals surface area contributed by atoms with Crippen LogP contribution < -0.4 is 14.8 Å². The van der Waals surface area contributed by atoms with Gasteiger partial charge in [-0.05, 0) is 56.2 Å². The number of nitrogens with one attached hydrogen (secondary N) is 1. The molecular weight excluding hydrogens is 359 g/mol. The first-order chi connectivity index (χ1) is 11.8. The van der Waals surface area contributed by atoms with Crippen molar-refractivity contribution in [2.24, 2.45) is 4.99 Å². The molecule has 1 aliphatic heterocycles. The summed E-state index contributed by atoms with van der Waals surface area (Å²) in [7, 11) is 3.26. The van der Waals surface area contributed by atoms with Gasteiger partial charge >= 0.3 is 0 Å².